The zero-order valence-corrected chi connectivity index (χ0v) is 9.70. The van der Waals surface area contributed by atoms with Gasteiger partial charge in [-0.3, -0.25) is 9.59 Å². The molecule has 0 aromatic heterocycles. The van der Waals surface area contributed by atoms with Gasteiger partial charge in [-0.05, 0) is 0 Å². The van der Waals surface area contributed by atoms with Gasteiger partial charge in [-0.2, -0.15) is 0 Å². The first-order valence-electron chi connectivity index (χ1n) is 3.83. The van der Waals surface area contributed by atoms with Crippen LogP contribution in [0.15, 0.2) is 0 Å². The van der Waals surface area contributed by atoms with Crippen LogP contribution in [-0.4, -0.2) is 50.1 Å². The molecule has 66 valence electrons. The molecule has 0 aromatic carbocycles. The van der Waals surface area contributed by atoms with E-state index in [1.54, 1.807) is 0 Å². The quantitative estimate of drug-likeness (QED) is 0.505. The van der Waals surface area contributed by atoms with Crippen LogP contribution in [0, 0.1) is 0 Å². The third-order valence-electron chi connectivity index (χ3n) is 1.12. The van der Waals surface area contributed by atoms with Gasteiger partial charge in [-0.25, -0.2) is 0 Å². The molecule has 1 unspecified atom stereocenters. The topological polar surface area (TPSA) is 74.6 Å². The standard InChI is InChI=1S/C4H9.C3H4O4.Na/c1-3-4-2;4-2(5)1-3(6)7;/h3H,4H2,1-2H3;1H2,(H,4,5)(H,6,7);. The first-order chi connectivity index (χ1) is 5.40. The SMILES string of the molecule is CC[CH](C)[Na].O=C(O)CC(=O)O. The van der Waals surface area contributed by atoms with E-state index in [0.29, 0.717) is 0 Å². The van der Waals surface area contributed by atoms with Crippen molar-refractivity contribution in [3.05, 3.63) is 0 Å². The third kappa shape index (κ3) is 22.5. The van der Waals surface area contributed by atoms with E-state index in [9.17, 15) is 9.59 Å². The van der Waals surface area contributed by atoms with Crippen LogP contribution in [0.3, 0.4) is 0 Å². The minimum absolute atomic E-state index is 0.806. The van der Waals surface area contributed by atoms with E-state index in [1.807, 2.05) is 0 Å². The number of hydrogen-bond donors (Lipinski definition) is 2. The number of hydrogen-bond acceptors (Lipinski definition) is 2. The van der Waals surface area contributed by atoms with Gasteiger partial charge in [0.05, 0.1) is 0 Å². The number of rotatable bonds is 3. The summed E-state index contributed by atoms with van der Waals surface area (Å²) in [4.78, 5) is 18.9. The monoisotopic (exact) mass is 184 g/mol. The molecule has 0 aliphatic rings. The maximum Gasteiger partial charge on any atom is 0.314 e. The molecule has 0 fully saturated rings. The summed E-state index contributed by atoms with van der Waals surface area (Å²) in [5.41, 5.74) is 0. The second kappa shape index (κ2) is 9.03. The van der Waals surface area contributed by atoms with Crippen LogP contribution in [0.25, 0.3) is 0 Å². The Morgan fingerprint density at radius 1 is 1.33 bits per heavy atom. The zero-order chi connectivity index (χ0) is 10.1. The fraction of sp³-hybridized carbons (Fsp3) is 0.714. The van der Waals surface area contributed by atoms with Gasteiger partial charge in [-0.15, -0.1) is 0 Å². The Bertz CT molecular complexity index is 132. The summed E-state index contributed by atoms with van der Waals surface area (Å²) in [5, 5.41) is 15.4. The number of aliphatic carboxylic acids is 2. The predicted octanol–water partition coefficient (Wildman–Crippen LogP) is 0.919. The van der Waals surface area contributed by atoms with Gasteiger partial charge in [0.2, 0.25) is 0 Å². The van der Waals surface area contributed by atoms with Crippen LogP contribution in [0.4, 0.5) is 0 Å². The number of carbonyl (C=O) groups is 2. The molecular formula is C7H13NaO4. The fourth-order valence-corrected chi connectivity index (χ4v) is 0.129. The maximum atomic E-state index is 9.43. The van der Waals surface area contributed by atoms with E-state index >= 15 is 0 Å². The van der Waals surface area contributed by atoms with Crippen LogP contribution in [0.5, 0.6) is 0 Å². The fourth-order valence-electron chi connectivity index (χ4n) is 0.129. The van der Waals surface area contributed by atoms with Crippen molar-refractivity contribution in [3.63, 3.8) is 0 Å². The van der Waals surface area contributed by atoms with Crippen LogP contribution < -0.4 is 0 Å². The Morgan fingerprint density at radius 2 is 1.58 bits per heavy atom. The molecule has 12 heavy (non-hydrogen) atoms. The van der Waals surface area contributed by atoms with Crippen molar-refractivity contribution < 1.29 is 19.8 Å². The molecule has 0 saturated heterocycles. The van der Waals surface area contributed by atoms with E-state index in [0.717, 1.165) is 3.17 Å². The largest absolute Gasteiger partial charge is 0.481 e. The predicted molar refractivity (Wildman–Crippen MR) is 45.4 cm³/mol. The van der Waals surface area contributed by atoms with Gasteiger partial charge in [0.1, 0.15) is 6.42 Å². The van der Waals surface area contributed by atoms with Gasteiger partial charge < -0.3 is 10.2 Å². The van der Waals surface area contributed by atoms with Crippen molar-refractivity contribution in [2.24, 2.45) is 0 Å². The molecule has 0 bridgehead atoms. The van der Waals surface area contributed by atoms with Gasteiger partial charge in [-0.1, -0.05) is 0 Å². The Kier molecular flexibility index (Phi) is 10.9. The molecule has 0 radical (unpaired) electrons. The summed E-state index contributed by atoms with van der Waals surface area (Å²) in [6, 6.07) is 0. The van der Waals surface area contributed by atoms with Crippen LogP contribution in [-0.2, 0) is 9.59 Å². The van der Waals surface area contributed by atoms with Crippen molar-refractivity contribution >= 4 is 39.9 Å². The number of carboxylic acid groups (broad SMARTS) is 2. The molecule has 1 atom stereocenters. The molecule has 2 N–H and O–H groups in total. The molecule has 0 saturated carbocycles. The minimum atomic E-state index is -1.31. The molecule has 0 spiro atoms. The average molecular weight is 184 g/mol. The van der Waals surface area contributed by atoms with Crippen LogP contribution in [0.1, 0.15) is 26.7 Å². The first-order valence-corrected chi connectivity index (χ1v) is 4.99. The summed E-state index contributed by atoms with van der Waals surface area (Å²) >= 11 is 1.37. The van der Waals surface area contributed by atoms with Crippen molar-refractivity contribution in [3.8, 4) is 0 Å². The summed E-state index contributed by atoms with van der Waals surface area (Å²) < 4.78 is 1.02. The Hall–Kier alpha value is -0.0600. The molecule has 0 aliphatic carbocycles. The van der Waals surface area contributed by atoms with Gasteiger partial charge in [0.15, 0.2) is 0 Å². The molecule has 0 aliphatic heterocycles. The van der Waals surface area contributed by atoms with Crippen molar-refractivity contribution in [1.29, 1.82) is 0 Å². The van der Waals surface area contributed by atoms with E-state index in [4.69, 9.17) is 10.2 Å². The molecule has 0 rings (SSSR count). The summed E-state index contributed by atoms with van der Waals surface area (Å²) in [6.07, 6.45) is 0.562. The molecule has 0 aromatic rings. The van der Waals surface area contributed by atoms with E-state index in [-0.39, 0.29) is 0 Å². The van der Waals surface area contributed by atoms with Crippen molar-refractivity contribution in [1.82, 2.24) is 0 Å². The second-order valence-electron chi connectivity index (χ2n) is 2.77. The molecule has 0 heterocycles. The molecule has 0 amide bonds. The van der Waals surface area contributed by atoms with E-state index in [2.05, 4.69) is 13.8 Å². The third-order valence-corrected chi connectivity index (χ3v) is 1.94. The van der Waals surface area contributed by atoms with E-state index in [1.165, 1.54) is 34.4 Å². The van der Waals surface area contributed by atoms with Crippen molar-refractivity contribution in [2.75, 3.05) is 0 Å². The van der Waals surface area contributed by atoms with Crippen LogP contribution in [0.2, 0.25) is 3.17 Å². The summed E-state index contributed by atoms with van der Waals surface area (Å²) in [7, 11) is 0. The average Bonchev–Trinajstić information content (AvgIpc) is 1.85. The Balaban J connectivity index is 0. The smallest absolute Gasteiger partial charge is 0.314 e. The summed E-state index contributed by atoms with van der Waals surface area (Å²) in [5.74, 6) is -2.62. The second-order valence-corrected chi connectivity index (χ2v) is 4.74. The number of carboxylic acids is 2. The zero-order valence-electron chi connectivity index (χ0n) is 7.70. The summed E-state index contributed by atoms with van der Waals surface area (Å²) in [6.45, 7) is 4.52. The maximum absolute atomic E-state index is 9.43. The molecular weight excluding hydrogens is 171 g/mol. The minimum Gasteiger partial charge on any atom is -0.481 e. The van der Waals surface area contributed by atoms with Crippen molar-refractivity contribution in [2.45, 2.75) is 29.9 Å². The van der Waals surface area contributed by atoms with Crippen LogP contribution >= 0.6 is 0 Å². The Morgan fingerprint density at radius 3 is 1.58 bits per heavy atom. The van der Waals surface area contributed by atoms with Gasteiger partial charge >= 0.3 is 63.3 Å². The molecule has 4 nitrogen and oxygen atoms in total. The normalized spacial score (nSPS) is 11.0. The van der Waals surface area contributed by atoms with Gasteiger partial charge in [0, 0.05) is 0 Å². The Labute approximate surface area is 89.4 Å². The first kappa shape index (κ1) is 14.5. The molecule has 5 heteroatoms. The van der Waals surface area contributed by atoms with E-state index < -0.39 is 18.4 Å². The van der Waals surface area contributed by atoms with Gasteiger partial charge in [0.25, 0.3) is 0 Å².